The van der Waals surface area contributed by atoms with Crippen LogP contribution in [0, 0.1) is 11.3 Å². The zero-order valence-electron chi connectivity index (χ0n) is 11.3. The summed E-state index contributed by atoms with van der Waals surface area (Å²) in [5, 5.41) is 12.3. The molecule has 17 heavy (non-hydrogen) atoms. The maximum absolute atomic E-state index is 9.11. The van der Waals surface area contributed by atoms with Crippen LogP contribution in [0.4, 0.5) is 0 Å². The summed E-state index contributed by atoms with van der Waals surface area (Å²) in [6, 6.07) is 2.35. The minimum absolute atomic E-state index is 0.384. The summed E-state index contributed by atoms with van der Waals surface area (Å²) >= 11 is 0. The van der Waals surface area contributed by atoms with Gasteiger partial charge < -0.3 is 4.74 Å². The average Bonchev–Trinajstić information content (AvgIpc) is 2.36. The van der Waals surface area contributed by atoms with Gasteiger partial charge in [-0.15, -0.1) is 0 Å². The Bertz CT molecular complexity index is 243. The van der Waals surface area contributed by atoms with Gasteiger partial charge >= 0.3 is 0 Å². The fourth-order valence-electron chi connectivity index (χ4n) is 2.48. The summed E-state index contributed by atoms with van der Waals surface area (Å²) in [4.78, 5) is 0. The van der Waals surface area contributed by atoms with E-state index in [0.717, 1.165) is 26.0 Å². The van der Waals surface area contributed by atoms with E-state index in [2.05, 4.69) is 11.4 Å². The van der Waals surface area contributed by atoms with Crippen molar-refractivity contribution in [2.45, 2.75) is 70.4 Å². The first-order valence-electron chi connectivity index (χ1n) is 6.98. The Morgan fingerprint density at radius 1 is 1.35 bits per heavy atom. The molecule has 0 amide bonds. The molecule has 3 heteroatoms. The van der Waals surface area contributed by atoms with Crippen LogP contribution in [-0.4, -0.2) is 24.8 Å². The van der Waals surface area contributed by atoms with Gasteiger partial charge in [0.15, 0.2) is 0 Å². The minimum Gasteiger partial charge on any atom is -0.378 e. The van der Waals surface area contributed by atoms with E-state index in [1.807, 2.05) is 13.8 Å². The van der Waals surface area contributed by atoms with E-state index < -0.39 is 0 Å². The van der Waals surface area contributed by atoms with Crippen LogP contribution >= 0.6 is 0 Å². The molecular formula is C14H26N2O. The van der Waals surface area contributed by atoms with Crippen molar-refractivity contribution in [3.63, 3.8) is 0 Å². The second kappa shape index (κ2) is 7.68. The van der Waals surface area contributed by atoms with E-state index in [9.17, 15) is 0 Å². The Hall–Kier alpha value is -0.590. The lowest BCUT2D eigenvalue weighted by atomic mass is 9.97. The molecule has 1 unspecified atom stereocenters. The Morgan fingerprint density at radius 2 is 2.06 bits per heavy atom. The highest BCUT2D eigenvalue weighted by atomic mass is 16.5. The Morgan fingerprint density at radius 3 is 2.65 bits per heavy atom. The number of nitriles is 1. The van der Waals surface area contributed by atoms with E-state index >= 15 is 0 Å². The lowest BCUT2D eigenvalue weighted by Gasteiger charge is -2.24. The zero-order valence-corrected chi connectivity index (χ0v) is 11.3. The summed E-state index contributed by atoms with van der Waals surface area (Å²) in [5.41, 5.74) is -0.384. The fourth-order valence-corrected chi connectivity index (χ4v) is 2.48. The molecule has 98 valence electrons. The molecule has 1 aliphatic carbocycles. The molecule has 0 aliphatic heterocycles. The molecular weight excluding hydrogens is 212 g/mol. The van der Waals surface area contributed by atoms with Gasteiger partial charge in [-0.3, -0.25) is 5.32 Å². The predicted molar refractivity (Wildman–Crippen MR) is 69.8 cm³/mol. The molecule has 0 bridgehead atoms. The third kappa shape index (κ3) is 5.52. The molecule has 0 saturated heterocycles. The molecule has 0 spiro atoms. The normalized spacial score (nSPS) is 20.8. The Balaban J connectivity index is 2.12. The molecule has 0 heterocycles. The molecule has 1 fully saturated rings. The SMILES string of the molecule is CCNC(C)(C#N)CCCOC1CCCCC1. The molecule has 1 atom stereocenters. The van der Waals surface area contributed by atoms with Crippen LogP contribution in [0.1, 0.15) is 58.8 Å². The number of rotatable bonds is 7. The maximum atomic E-state index is 9.11. The van der Waals surface area contributed by atoms with Crippen molar-refractivity contribution in [2.24, 2.45) is 0 Å². The minimum atomic E-state index is -0.384. The molecule has 0 aromatic heterocycles. The highest BCUT2D eigenvalue weighted by Crippen LogP contribution is 2.21. The Labute approximate surface area is 106 Å². The van der Waals surface area contributed by atoms with Gasteiger partial charge in [0.25, 0.3) is 0 Å². The van der Waals surface area contributed by atoms with Crippen molar-refractivity contribution in [3.8, 4) is 6.07 Å². The number of hydrogen-bond acceptors (Lipinski definition) is 3. The third-order valence-electron chi connectivity index (χ3n) is 3.54. The molecule has 0 radical (unpaired) electrons. The van der Waals surface area contributed by atoms with Crippen LogP contribution < -0.4 is 5.32 Å². The smallest absolute Gasteiger partial charge is 0.104 e. The van der Waals surface area contributed by atoms with Gasteiger partial charge in [-0.25, -0.2) is 0 Å². The number of nitrogens with zero attached hydrogens (tertiary/aromatic N) is 1. The highest BCUT2D eigenvalue weighted by molar-refractivity contribution is 5.03. The standard InChI is InChI=1S/C14H26N2O/c1-3-16-14(2,12-15)10-7-11-17-13-8-5-4-6-9-13/h13,16H,3-11H2,1-2H3. The first kappa shape index (κ1) is 14.5. The van der Waals surface area contributed by atoms with Gasteiger partial charge in [-0.05, 0) is 39.2 Å². The second-order valence-corrected chi connectivity index (χ2v) is 5.21. The molecule has 3 nitrogen and oxygen atoms in total. The number of nitrogens with one attached hydrogen (secondary N) is 1. The summed E-state index contributed by atoms with van der Waals surface area (Å²) in [5.74, 6) is 0. The predicted octanol–water partition coefficient (Wildman–Crippen LogP) is 3.01. The van der Waals surface area contributed by atoms with Crippen molar-refractivity contribution < 1.29 is 4.74 Å². The summed E-state index contributed by atoms with van der Waals surface area (Å²) in [7, 11) is 0. The highest BCUT2D eigenvalue weighted by Gasteiger charge is 2.21. The van der Waals surface area contributed by atoms with Gasteiger partial charge in [0, 0.05) is 6.61 Å². The lowest BCUT2D eigenvalue weighted by Crippen LogP contribution is -2.40. The van der Waals surface area contributed by atoms with Crippen molar-refractivity contribution in [1.82, 2.24) is 5.32 Å². The molecule has 1 aliphatic rings. The fraction of sp³-hybridized carbons (Fsp3) is 0.929. The molecule has 0 aromatic rings. The quantitative estimate of drug-likeness (QED) is 0.693. The average molecular weight is 238 g/mol. The topological polar surface area (TPSA) is 45.0 Å². The molecule has 0 aromatic carbocycles. The van der Waals surface area contributed by atoms with Crippen molar-refractivity contribution in [3.05, 3.63) is 0 Å². The van der Waals surface area contributed by atoms with Crippen molar-refractivity contribution >= 4 is 0 Å². The van der Waals surface area contributed by atoms with E-state index in [1.54, 1.807) is 0 Å². The number of hydrogen-bond donors (Lipinski definition) is 1. The molecule has 1 rings (SSSR count). The van der Waals surface area contributed by atoms with Gasteiger partial charge in [0.1, 0.15) is 5.54 Å². The van der Waals surface area contributed by atoms with Crippen molar-refractivity contribution in [1.29, 1.82) is 5.26 Å². The van der Waals surface area contributed by atoms with Gasteiger partial charge in [0.2, 0.25) is 0 Å². The summed E-state index contributed by atoms with van der Waals surface area (Å²) in [6.45, 7) is 5.64. The largest absolute Gasteiger partial charge is 0.378 e. The van der Waals surface area contributed by atoms with Crippen LogP contribution in [0.5, 0.6) is 0 Å². The van der Waals surface area contributed by atoms with E-state index in [1.165, 1.54) is 32.1 Å². The zero-order chi connectivity index (χ0) is 12.6. The monoisotopic (exact) mass is 238 g/mol. The van der Waals surface area contributed by atoms with Gasteiger partial charge in [-0.2, -0.15) is 5.26 Å². The molecule has 1 N–H and O–H groups in total. The summed E-state index contributed by atoms with van der Waals surface area (Å²) in [6.07, 6.45) is 8.77. The van der Waals surface area contributed by atoms with Crippen LogP contribution in [0.25, 0.3) is 0 Å². The van der Waals surface area contributed by atoms with Crippen LogP contribution in [0.15, 0.2) is 0 Å². The lowest BCUT2D eigenvalue weighted by molar-refractivity contribution is 0.0248. The summed E-state index contributed by atoms with van der Waals surface area (Å²) < 4.78 is 5.86. The first-order chi connectivity index (χ1) is 8.20. The molecule has 1 saturated carbocycles. The van der Waals surface area contributed by atoms with Gasteiger partial charge in [-0.1, -0.05) is 26.2 Å². The second-order valence-electron chi connectivity index (χ2n) is 5.21. The van der Waals surface area contributed by atoms with Crippen LogP contribution in [-0.2, 0) is 4.74 Å². The van der Waals surface area contributed by atoms with E-state index in [4.69, 9.17) is 10.00 Å². The third-order valence-corrected chi connectivity index (χ3v) is 3.54. The Kier molecular flexibility index (Phi) is 6.54. The van der Waals surface area contributed by atoms with E-state index in [-0.39, 0.29) is 5.54 Å². The maximum Gasteiger partial charge on any atom is 0.104 e. The van der Waals surface area contributed by atoms with Crippen LogP contribution in [0.2, 0.25) is 0 Å². The van der Waals surface area contributed by atoms with Crippen molar-refractivity contribution in [2.75, 3.05) is 13.2 Å². The van der Waals surface area contributed by atoms with Crippen LogP contribution in [0.3, 0.4) is 0 Å². The van der Waals surface area contributed by atoms with E-state index in [0.29, 0.717) is 6.10 Å². The first-order valence-corrected chi connectivity index (χ1v) is 6.98. The number of ether oxygens (including phenoxy) is 1. The van der Waals surface area contributed by atoms with Gasteiger partial charge in [0.05, 0.1) is 12.2 Å².